The number of H-pyrrole nitrogens is 1. The molecule has 9 heavy (non-hydrogen) atoms. The Kier molecular flexibility index (Phi) is 1.69. The molecule has 0 amide bonds. The Morgan fingerprint density at radius 1 is 1.44 bits per heavy atom. The number of aryl methyl sites for hydroxylation is 1. The lowest BCUT2D eigenvalue weighted by atomic mass is 10.4. The van der Waals surface area contributed by atoms with Crippen LogP contribution in [0.25, 0.3) is 0 Å². The van der Waals surface area contributed by atoms with E-state index in [2.05, 4.69) is 35.6 Å². The highest BCUT2D eigenvalue weighted by Gasteiger charge is 2.06. The van der Waals surface area contributed by atoms with Gasteiger partial charge in [0.1, 0.15) is 0 Å². The molecule has 0 aliphatic rings. The van der Waals surface area contributed by atoms with Gasteiger partial charge in [-0.1, -0.05) is 6.92 Å². The van der Waals surface area contributed by atoms with Crippen molar-refractivity contribution in [2.75, 3.05) is 0 Å². The summed E-state index contributed by atoms with van der Waals surface area (Å²) in [5.41, 5.74) is 0. The van der Waals surface area contributed by atoms with Crippen molar-refractivity contribution in [2.45, 2.75) is 39.8 Å². The third-order valence-electron chi connectivity index (χ3n) is 1.36. The molecule has 1 heterocycles. The van der Waals surface area contributed by atoms with Gasteiger partial charge in [0, 0.05) is 0 Å². The van der Waals surface area contributed by atoms with Crippen LogP contribution in [0.15, 0.2) is 0 Å². The lowest BCUT2D eigenvalue weighted by molar-refractivity contribution is 0.519. The van der Waals surface area contributed by atoms with Crippen molar-refractivity contribution in [1.29, 1.82) is 0 Å². The Hall–Kier alpha value is -0.600. The molecule has 0 saturated carbocycles. The third kappa shape index (κ3) is 1.40. The molecule has 1 N–H and O–H groups in total. The van der Waals surface area contributed by atoms with Crippen molar-refractivity contribution >= 4 is 0 Å². The van der Waals surface area contributed by atoms with E-state index in [4.69, 9.17) is 0 Å². The van der Waals surface area contributed by atoms with Gasteiger partial charge in [-0.15, -0.1) is 0 Å². The zero-order valence-corrected chi connectivity index (χ0v) is 6.39. The largest absolute Gasteiger partial charge is 0.207 e. The van der Waals surface area contributed by atoms with Gasteiger partial charge in [-0.05, 0) is 20.3 Å². The highest BCUT2D eigenvalue weighted by atomic mass is 15.8. The van der Waals surface area contributed by atoms with Crippen molar-refractivity contribution in [1.82, 2.24) is 14.8 Å². The predicted octanol–water partition coefficient (Wildman–Crippen LogP) is 1.61. The summed E-state index contributed by atoms with van der Waals surface area (Å²) in [7, 11) is 0. The van der Waals surface area contributed by atoms with Gasteiger partial charge >= 0.3 is 0 Å². The van der Waals surface area contributed by atoms with E-state index in [0.717, 1.165) is 6.54 Å². The molecule has 0 unspecified atom stereocenters. The maximum atomic E-state index is 3.14. The van der Waals surface area contributed by atoms with Gasteiger partial charge in [-0.25, -0.2) is 5.21 Å². The van der Waals surface area contributed by atoms with Crippen LogP contribution >= 0.6 is 0 Å². The number of aromatic nitrogens is 3. The van der Waals surface area contributed by atoms with E-state index in [-0.39, 0.29) is 0 Å². The smallest absolute Gasteiger partial charge is 0.0649 e. The summed E-state index contributed by atoms with van der Waals surface area (Å²) >= 11 is 0. The molecule has 0 aliphatic heterocycles. The van der Waals surface area contributed by atoms with E-state index in [0.29, 0.717) is 6.04 Å². The Balaban J connectivity index is 2.32. The first-order valence-corrected chi connectivity index (χ1v) is 3.58. The molecule has 0 atom stereocenters. The first-order chi connectivity index (χ1) is 4.25. The molecule has 3 heteroatoms. The van der Waals surface area contributed by atoms with E-state index >= 15 is 0 Å². The van der Waals surface area contributed by atoms with Crippen molar-refractivity contribution in [3.8, 4) is 0 Å². The van der Waals surface area contributed by atoms with Gasteiger partial charge in [0.15, 0.2) is 0 Å². The number of rotatable bonds is 3. The lowest BCUT2D eigenvalue weighted by Gasteiger charge is -1.94. The Morgan fingerprint density at radius 2 is 2.11 bits per heavy atom. The van der Waals surface area contributed by atoms with Crippen LogP contribution in [-0.2, 0) is 6.54 Å². The van der Waals surface area contributed by atoms with Crippen LogP contribution in [0.3, 0.4) is 0 Å². The van der Waals surface area contributed by atoms with E-state index in [9.17, 15) is 0 Å². The van der Waals surface area contributed by atoms with Gasteiger partial charge in [0.05, 0.1) is 12.6 Å². The molecule has 0 aliphatic carbocycles. The average Bonchev–Trinajstić information content (AvgIpc) is 2.47. The highest BCUT2D eigenvalue weighted by molar-refractivity contribution is 4.52. The Labute approximate surface area is 55.6 Å². The molecule has 0 fully saturated rings. The number of hydrogen-bond acceptors (Lipinski definition) is 0. The average molecular weight is 129 g/mol. The van der Waals surface area contributed by atoms with E-state index < -0.39 is 0 Å². The van der Waals surface area contributed by atoms with E-state index in [1.807, 2.05) is 0 Å². The second kappa shape index (κ2) is 2.33. The highest BCUT2D eigenvalue weighted by Crippen LogP contribution is 2.04. The number of nitrogens with one attached hydrogen (secondary N) is 1. The van der Waals surface area contributed by atoms with Crippen molar-refractivity contribution in [3.05, 3.63) is 0 Å². The summed E-state index contributed by atoms with van der Waals surface area (Å²) in [5.74, 6) is 0. The number of aromatic amines is 1. The van der Waals surface area contributed by atoms with Gasteiger partial charge < -0.3 is 0 Å². The molecular formula is C6H15N3. The van der Waals surface area contributed by atoms with Crippen LogP contribution in [0.4, 0.5) is 0 Å². The monoisotopic (exact) mass is 129 g/mol. The molecular weight excluding hydrogens is 114 g/mol. The van der Waals surface area contributed by atoms with Gasteiger partial charge in [0.2, 0.25) is 0 Å². The number of nitrogens with zero attached hydrogens (tertiary/aromatic N) is 2. The van der Waals surface area contributed by atoms with E-state index in [1.165, 1.54) is 6.42 Å². The normalized spacial score (nSPS) is 11.6. The molecule has 1 aromatic heterocycles. The Morgan fingerprint density at radius 3 is 2.44 bits per heavy atom. The molecule has 0 aromatic carbocycles. The first kappa shape index (κ1) is 6.52. The van der Waals surface area contributed by atoms with Crippen LogP contribution in [-0.4, -0.2) is 14.8 Å². The molecule has 1 rings (SSSR count). The van der Waals surface area contributed by atoms with Crippen molar-refractivity contribution in [2.24, 2.45) is 0 Å². The zero-order valence-electron chi connectivity index (χ0n) is 6.39. The molecule has 0 spiro atoms. The molecule has 1 aromatic rings. The quantitative estimate of drug-likeness (QED) is 0.641. The summed E-state index contributed by atoms with van der Waals surface area (Å²) in [6, 6.07) is 0.594. The minimum atomic E-state index is 0.594. The first-order valence-electron chi connectivity index (χ1n) is 3.58. The van der Waals surface area contributed by atoms with Crippen molar-refractivity contribution < 1.29 is 0 Å². The minimum absolute atomic E-state index is 0.594. The summed E-state index contributed by atoms with van der Waals surface area (Å²) in [5, 5.41) is 3.14. The van der Waals surface area contributed by atoms with Crippen LogP contribution in [0, 0.1) is 0 Å². The minimum Gasteiger partial charge on any atom is -0.207 e. The fourth-order valence-corrected chi connectivity index (χ4v) is 0.862. The molecule has 0 bridgehead atoms. The summed E-state index contributed by atoms with van der Waals surface area (Å²) in [6.07, 6.45) is 1.20. The second-order valence-electron chi connectivity index (χ2n) is 2.66. The predicted molar refractivity (Wildman–Crippen MR) is 37.4 cm³/mol. The SMILES string of the molecule is CCCn1[nH]n1C(C)C. The second-order valence-corrected chi connectivity index (χ2v) is 2.66. The molecule has 3 nitrogen and oxygen atoms in total. The summed E-state index contributed by atoms with van der Waals surface area (Å²) in [4.78, 5) is 4.26. The topological polar surface area (TPSA) is 25.6 Å². The third-order valence-corrected chi connectivity index (χ3v) is 1.36. The maximum absolute atomic E-state index is 3.14. The fraction of sp³-hybridized carbons (Fsp3) is 1.00. The van der Waals surface area contributed by atoms with E-state index in [1.54, 1.807) is 0 Å². The lowest BCUT2D eigenvalue weighted by Crippen LogP contribution is -1.97. The molecule has 54 valence electrons. The Bertz CT molecular complexity index is 156. The van der Waals surface area contributed by atoms with Gasteiger partial charge in [-0.3, -0.25) is 0 Å². The summed E-state index contributed by atoms with van der Waals surface area (Å²) < 4.78 is 0. The van der Waals surface area contributed by atoms with Crippen LogP contribution < -0.4 is 0 Å². The summed E-state index contributed by atoms with van der Waals surface area (Å²) in [6.45, 7) is 7.64. The zero-order chi connectivity index (χ0) is 6.85. The number of hydrogen-bond donors (Lipinski definition) is 1. The van der Waals surface area contributed by atoms with Crippen LogP contribution in [0.2, 0.25) is 0 Å². The molecule has 0 saturated heterocycles. The van der Waals surface area contributed by atoms with Crippen LogP contribution in [0.5, 0.6) is 0 Å². The molecule has 0 radical (unpaired) electrons. The van der Waals surface area contributed by atoms with Gasteiger partial charge in [-0.2, -0.15) is 9.59 Å². The fourth-order valence-electron chi connectivity index (χ4n) is 0.862. The van der Waals surface area contributed by atoms with Crippen molar-refractivity contribution in [3.63, 3.8) is 0 Å². The van der Waals surface area contributed by atoms with Gasteiger partial charge in [0.25, 0.3) is 0 Å². The maximum Gasteiger partial charge on any atom is 0.0649 e. The van der Waals surface area contributed by atoms with Crippen LogP contribution in [0.1, 0.15) is 33.2 Å². The standard InChI is InChI=1S/C6H15N3/c1-4-5-8-7-9(8)6(2)3/h6-7H,4-5H2,1-3H3.